The predicted octanol–water partition coefficient (Wildman–Crippen LogP) is 3.20. The lowest BCUT2D eigenvalue weighted by molar-refractivity contribution is 0.133. The average molecular weight is 433 g/mol. The third-order valence-corrected chi connectivity index (χ3v) is 6.54. The molecule has 2 aliphatic rings. The lowest BCUT2D eigenvalue weighted by Crippen LogP contribution is -2.24. The zero-order valence-corrected chi connectivity index (χ0v) is 18.0. The molecule has 0 fully saturated rings. The number of rotatable bonds is 4. The summed E-state index contributed by atoms with van der Waals surface area (Å²) in [5.41, 5.74) is 12.3. The number of nitrogens with zero attached hydrogens (tertiary/aromatic N) is 3. The van der Waals surface area contributed by atoms with Crippen LogP contribution in [0.4, 0.5) is 29.2 Å². The van der Waals surface area contributed by atoms with Crippen molar-refractivity contribution in [3.8, 4) is 0 Å². The van der Waals surface area contributed by atoms with Crippen LogP contribution in [0.25, 0.3) is 0 Å². The molecule has 2 aliphatic carbocycles. The van der Waals surface area contributed by atoms with Crippen LogP contribution in [0.5, 0.6) is 0 Å². The zero-order valence-electron chi connectivity index (χ0n) is 18.0. The van der Waals surface area contributed by atoms with Crippen LogP contribution >= 0.6 is 0 Å². The fraction of sp³-hybridized carbons (Fsp3) is 0.375. The Hall–Kier alpha value is -3.23. The molecule has 5 rings (SSSR count). The van der Waals surface area contributed by atoms with Crippen molar-refractivity contribution in [2.24, 2.45) is 0 Å². The van der Waals surface area contributed by atoms with Crippen molar-refractivity contribution in [3.05, 3.63) is 58.7 Å². The summed E-state index contributed by atoms with van der Waals surface area (Å²) in [6.07, 6.45) is 3.12. The van der Waals surface area contributed by atoms with Crippen LogP contribution in [0.3, 0.4) is 0 Å². The van der Waals surface area contributed by atoms with Crippen molar-refractivity contribution in [2.75, 3.05) is 16.4 Å². The molecule has 1 aromatic heterocycles. The highest BCUT2D eigenvalue weighted by molar-refractivity contribution is 5.66. The zero-order chi connectivity index (χ0) is 22.2. The van der Waals surface area contributed by atoms with Gasteiger partial charge in [-0.25, -0.2) is 0 Å². The van der Waals surface area contributed by atoms with Crippen LogP contribution in [-0.4, -0.2) is 37.4 Å². The molecular formula is C24H28N6O2. The van der Waals surface area contributed by atoms with Crippen molar-refractivity contribution < 1.29 is 10.2 Å². The molecular weight excluding hydrogens is 404 g/mol. The summed E-state index contributed by atoms with van der Waals surface area (Å²) < 4.78 is 0. The Balaban J connectivity index is 1.44. The average Bonchev–Trinajstić information content (AvgIpc) is 2.76. The maximum Gasteiger partial charge on any atom is 0.233 e. The number of aryl methyl sites for hydroxylation is 2. The summed E-state index contributed by atoms with van der Waals surface area (Å²) in [4.78, 5) is 13.1. The monoisotopic (exact) mass is 432 g/mol. The molecule has 0 saturated carbocycles. The number of hydrogen-bond donors (Lipinski definition) is 5. The molecule has 0 spiro atoms. The molecule has 0 saturated heterocycles. The number of nitrogen functional groups attached to an aromatic ring is 1. The van der Waals surface area contributed by atoms with E-state index in [1.807, 2.05) is 31.2 Å². The van der Waals surface area contributed by atoms with E-state index < -0.39 is 0 Å². The molecule has 8 heteroatoms. The summed E-state index contributed by atoms with van der Waals surface area (Å²) >= 11 is 0. The molecule has 3 unspecified atom stereocenters. The van der Waals surface area contributed by atoms with E-state index in [0.29, 0.717) is 18.3 Å². The summed E-state index contributed by atoms with van der Waals surface area (Å²) in [6.45, 7) is 2.04. The van der Waals surface area contributed by atoms with Gasteiger partial charge >= 0.3 is 0 Å². The van der Waals surface area contributed by atoms with E-state index in [4.69, 9.17) is 5.73 Å². The molecule has 6 N–H and O–H groups in total. The number of fused-ring (bicyclic) bond motifs is 2. The maximum atomic E-state index is 10.4. The van der Waals surface area contributed by atoms with Crippen LogP contribution in [0.1, 0.15) is 47.9 Å². The van der Waals surface area contributed by atoms with Crippen molar-refractivity contribution in [1.82, 2.24) is 15.0 Å². The molecule has 0 amide bonds. The second-order valence-electron chi connectivity index (χ2n) is 8.70. The molecule has 0 bridgehead atoms. The van der Waals surface area contributed by atoms with Crippen LogP contribution in [-0.2, 0) is 19.3 Å². The van der Waals surface area contributed by atoms with Gasteiger partial charge in [0.1, 0.15) is 0 Å². The second-order valence-corrected chi connectivity index (χ2v) is 8.70. The minimum atomic E-state index is -0.370. The van der Waals surface area contributed by atoms with Gasteiger partial charge in [-0.2, -0.15) is 15.0 Å². The van der Waals surface area contributed by atoms with Gasteiger partial charge in [-0.1, -0.05) is 31.2 Å². The molecule has 0 aliphatic heterocycles. The summed E-state index contributed by atoms with van der Waals surface area (Å²) in [5, 5.41) is 27.0. The first kappa shape index (κ1) is 20.7. The van der Waals surface area contributed by atoms with Gasteiger partial charge in [0.25, 0.3) is 0 Å². The minimum Gasteiger partial charge on any atom is -0.393 e. The van der Waals surface area contributed by atoms with Crippen molar-refractivity contribution in [1.29, 1.82) is 0 Å². The quantitative estimate of drug-likeness (QED) is 0.425. The molecule has 32 heavy (non-hydrogen) atoms. The molecule has 2 aromatic carbocycles. The molecule has 8 nitrogen and oxygen atoms in total. The lowest BCUT2D eigenvalue weighted by atomic mass is 9.81. The van der Waals surface area contributed by atoms with E-state index in [-0.39, 0.29) is 24.1 Å². The second kappa shape index (κ2) is 8.37. The van der Waals surface area contributed by atoms with E-state index >= 15 is 0 Å². The lowest BCUT2D eigenvalue weighted by Gasteiger charge is -2.29. The van der Waals surface area contributed by atoms with Gasteiger partial charge in [0, 0.05) is 23.7 Å². The van der Waals surface area contributed by atoms with Gasteiger partial charge in [-0.05, 0) is 60.1 Å². The third-order valence-electron chi connectivity index (χ3n) is 6.54. The smallest absolute Gasteiger partial charge is 0.233 e. The van der Waals surface area contributed by atoms with Crippen LogP contribution in [0.2, 0.25) is 0 Å². The Morgan fingerprint density at radius 1 is 0.875 bits per heavy atom. The van der Waals surface area contributed by atoms with Gasteiger partial charge in [0.2, 0.25) is 17.8 Å². The molecule has 3 atom stereocenters. The maximum absolute atomic E-state index is 10.4. The van der Waals surface area contributed by atoms with E-state index in [0.717, 1.165) is 48.2 Å². The highest BCUT2D eigenvalue weighted by Gasteiger charge is 2.27. The number of hydrogen-bond acceptors (Lipinski definition) is 8. The number of aliphatic hydroxyl groups excluding tert-OH is 2. The largest absolute Gasteiger partial charge is 0.393 e. The Bertz CT molecular complexity index is 1150. The minimum absolute atomic E-state index is 0.0153. The standard InChI is InChI=1S/C24H28N6O2/c1-13-20(32)11-9-15-5-3-7-19(21(13)15)27-24-29-22(25)28-23(30-24)26-18-6-2-4-14-8-10-16(31)12-17(14)18/h2-7,13,16,20,31-32H,8-12H2,1H3,(H4,25,26,27,28,29,30). The molecule has 1 heterocycles. The number of aliphatic hydroxyl groups is 2. The van der Waals surface area contributed by atoms with Crippen LogP contribution < -0.4 is 16.4 Å². The number of nitrogens with one attached hydrogen (secondary N) is 2. The van der Waals surface area contributed by atoms with Crippen molar-refractivity contribution in [3.63, 3.8) is 0 Å². The third kappa shape index (κ3) is 3.99. The molecule has 166 valence electrons. The highest BCUT2D eigenvalue weighted by atomic mass is 16.3. The molecule has 3 aromatic rings. The number of aromatic nitrogens is 3. The Morgan fingerprint density at radius 3 is 2.31 bits per heavy atom. The molecule has 0 radical (unpaired) electrons. The van der Waals surface area contributed by atoms with E-state index in [2.05, 4.69) is 37.7 Å². The first-order valence-electron chi connectivity index (χ1n) is 11.1. The van der Waals surface area contributed by atoms with Crippen LogP contribution in [0.15, 0.2) is 36.4 Å². The summed E-state index contributed by atoms with van der Waals surface area (Å²) in [6, 6.07) is 12.1. The van der Waals surface area contributed by atoms with E-state index in [9.17, 15) is 10.2 Å². The number of benzene rings is 2. The van der Waals surface area contributed by atoms with E-state index in [1.54, 1.807) is 0 Å². The van der Waals surface area contributed by atoms with Crippen molar-refractivity contribution in [2.45, 2.75) is 57.2 Å². The van der Waals surface area contributed by atoms with Crippen LogP contribution in [0, 0.1) is 0 Å². The Labute approximate surface area is 187 Å². The normalized spacial score (nSPS) is 22.0. The SMILES string of the molecule is CC1c2c(cccc2Nc2nc(N)nc(Nc3cccc4c3CC(O)CC4)n2)CCC1O. The first-order valence-corrected chi connectivity index (χ1v) is 11.1. The summed E-state index contributed by atoms with van der Waals surface area (Å²) in [7, 11) is 0. The van der Waals surface area contributed by atoms with Gasteiger partial charge < -0.3 is 26.6 Å². The van der Waals surface area contributed by atoms with Crippen molar-refractivity contribution >= 4 is 29.2 Å². The first-order chi connectivity index (χ1) is 15.5. The van der Waals surface area contributed by atoms with Gasteiger partial charge in [-0.15, -0.1) is 0 Å². The topological polar surface area (TPSA) is 129 Å². The highest BCUT2D eigenvalue weighted by Crippen LogP contribution is 2.37. The Kier molecular flexibility index (Phi) is 5.40. The van der Waals surface area contributed by atoms with Gasteiger partial charge in [-0.3, -0.25) is 0 Å². The predicted molar refractivity (Wildman–Crippen MR) is 124 cm³/mol. The number of nitrogens with two attached hydrogens (primary N) is 1. The van der Waals surface area contributed by atoms with E-state index in [1.165, 1.54) is 11.1 Å². The Morgan fingerprint density at radius 2 is 1.53 bits per heavy atom. The summed E-state index contributed by atoms with van der Waals surface area (Å²) in [5.74, 6) is 0.797. The fourth-order valence-corrected chi connectivity index (χ4v) is 4.86. The van der Waals surface area contributed by atoms with Gasteiger partial charge in [0.05, 0.1) is 12.2 Å². The fourth-order valence-electron chi connectivity index (χ4n) is 4.86. The van der Waals surface area contributed by atoms with Gasteiger partial charge in [0.15, 0.2) is 0 Å². The number of anilines is 5.